The van der Waals surface area contributed by atoms with Crippen molar-refractivity contribution in [2.75, 3.05) is 6.54 Å². The Hall–Kier alpha value is -0.0400. The molecule has 98 valence electrons. The van der Waals surface area contributed by atoms with Crippen molar-refractivity contribution in [3.05, 3.63) is 0 Å². The van der Waals surface area contributed by atoms with Gasteiger partial charge in [-0.25, -0.2) is 0 Å². The molecule has 2 bridgehead atoms. The van der Waals surface area contributed by atoms with Gasteiger partial charge in [0.1, 0.15) is 0 Å². The van der Waals surface area contributed by atoms with Crippen LogP contribution >= 0.6 is 0 Å². The number of hydrogen-bond donors (Lipinski definition) is 1. The van der Waals surface area contributed by atoms with Crippen LogP contribution in [0.15, 0.2) is 0 Å². The highest BCUT2D eigenvalue weighted by molar-refractivity contribution is 4.95. The van der Waals surface area contributed by atoms with E-state index >= 15 is 0 Å². The van der Waals surface area contributed by atoms with Crippen LogP contribution in [0.4, 0.5) is 0 Å². The highest BCUT2D eigenvalue weighted by atomic mass is 14.6. The third-order valence-electron chi connectivity index (χ3n) is 6.35. The van der Waals surface area contributed by atoms with E-state index in [1.165, 1.54) is 44.9 Å². The highest BCUT2D eigenvalue weighted by Gasteiger charge is 2.44. The van der Waals surface area contributed by atoms with Crippen molar-refractivity contribution in [1.82, 2.24) is 0 Å². The predicted octanol–water partition coefficient (Wildman–Crippen LogP) is 3.97. The van der Waals surface area contributed by atoms with Gasteiger partial charge < -0.3 is 5.73 Å². The maximum atomic E-state index is 6.16. The van der Waals surface area contributed by atoms with Crippen molar-refractivity contribution < 1.29 is 0 Å². The van der Waals surface area contributed by atoms with Gasteiger partial charge in [-0.05, 0) is 74.2 Å². The van der Waals surface area contributed by atoms with E-state index < -0.39 is 0 Å². The lowest BCUT2D eigenvalue weighted by molar-refractivity contribution is 0.107. The number of hydrogen-bond acceptors (Lipinski definition) is 1. The van der Waals surface area contributed by atoms with Crippen LogP contribution in [0, 0.1) is 29.1 Å². The molecule has 3 unspecified atom stereocenters. The molecule has 1 nitrogen and oxygen atoms in total. The van der Waals surface area contributed by atoms with Gasteiger partial charge in [-0.1, -0.05) is 26.2 Å². The van der Waals surface area contributed by atoms with E-state index in [0.29, 0.717) is 5.41 Å². The van der Waals surface area contributed by atoms with Gasteiger partial charge in [0.25, 0.3) is 0 Å². The molecule has 0 aromatic rings. The summed E-state index contributed by atoms with van der Waals surface area (Å²) in [5, 5.41) is 0. The summed E-state index contributed by atoms with van der Waals surface area (Å²) in [6, 6.07) is 0. The summed E-state index contributed by atoms with van der Waals surface area (Å²) in [6.45, 7) is 3.37. The molecule has 2 N–H and O–H groups in total. The van der Waals surface area contributed by atoms with Gasteiger partial charge in [0.05, 0.1) is 0 Å². The normalized spacial score (nSPS) is 49.8. The summed E-state index contributed by atoms with van der Waals surface area (Å²) >= 11 is 0. The van der Waals surface area contributed by atoms with E-state index in [4.69, 9.17) is 5.73 Å². The van der Waals surface area contributed by atoms with Crippen LogP contribution in [0.25, 0.3) is 0 Å². The largest absolute Gasteiger partial charge is 0.330 e. The quantitative estimate of drug-likeness (QED) is 0.787. The maximum Gasteiger partial charge on any atom is -0.00204 e. The maximum absolute atomic E-state index is 6.16. The molecular formula is C16H29N. The van der Waals surface area contributed by atoms with Gasteiger partial charge in [0, 0.05) is 0 Å². The Bertz CT molecular complexity index is 265. The predicted molar refractivity (Wildman–Crippen MR) is 72.7 cm³/mol. The molecule has 1 heteroatoms. The molecule has 17 heavy (non-hydrogen) atoms. The van der Waals surface area contributed by atoms with Crippen molar-refractivity contribution in [3.8, 4) is 0 Å². The summed E-state index contributed by atoms with van der Waals surface area (Å²) in [5.41, 5.74) is 6.70. The molecule has 0 saturated heterocycles. The average Bonchev–Trinajstić information content (AvgIpc) is 2.94. The first-order valence-corrected chi connectivity index (χ1v) is 7.91. The molecule has 0 aromatic carbocycles. The Labute approximate surface area is 107 Å². The molecule has 3 aliphatic carbocycles. The average molecular weight is 235 g/mol. The second-order valence-corrected chi connectivity index (χ2v) is 7.53. The van der Waals surface area contributed by atoms with Gasteiger partial charge in [-0.15, -0.1) is 0 Å². The molecular weight excluding hydrogens is 206 g/mol. The fourth-order valence-corrected chi connectivity index (χ4v) is 5.05. The van der Waals surface area contributed by atoms with Gasteiger partial charge in [-0.3, -0.25) is 0 Å². The minimum Gasteiger partial charge on any atom is -0.330 e. The van der Waals surface area contributed by atoms with Crippen LogP contribution in [-0.4, -0.2) is 6.54 Å². The number of rotatable bonds is 3. The second kappa shape index (κ2) is 4.57. The van der Waals surface area contributed by atoms with Crippen LogP contribution in [0.5, 0.6) is 0 Å². The first kappa shape index (κ1) is 12.0. The molecule has 3 atom stereocenters. The first-order chi connectivity index (χ1) is 8.21. The van der Waals surface area contributed by atoms with Crippen molar-refractivity contribution in [1.29, 1.82) is 0 Å². The van der Waals surface area contributed by atoms with Crippen molar-refractivity contribution in [2.45, 2.75) is 64.7 Å². The smallest absolute Gasteiger partial charge is 0.00204 e. The van der Waals surface area contributed by atoms with E-state index in [9.17, 15) is 0 Å². The second-order valence-electron chi connectivity index (χ2n) is 7.53. The zero-order valence-corrected chi connectivity index (χ0v) is 11.5. The lowest BCUT2D eigenvalue weighted by Gasteiger charge is -2.42. The molecule has 0 aromatic heterocycles. The third-order valence-corrected chi connectivity index (χ3v) is 6.35. The highest BCUT2D eigenvalue weighted by Crippen LogP contribution is 2.54. The molecule has 3 aliphatic rings. The van der Waals surface area contributed by atoms with Crippen molar-refractivity contribution in [3.63, 3.8) is 0 Å². The van der Waals surface area contributed by atoms with E-state index in [1.54, 1.807) is 12.8 Å². The lowest BCUT2D eigenvalue weighted by Crippen LogP contribution is -2.37. The lowest BCUT2D eigenvalue weighted by atomic mass is 9.65. The van der Waals surface area contributed by atoms with Crippen molar-refractivity contribution in [2.24, 2.45) is 34.8 Å². The third kappa shape index (κ3) is 2.28. The molecule has 3 rings (SSSR count). The summed E-state index contributed by atoms with van der Waals surface area (Å²) in [5.74, 6) is 4.19. The minimum absolute atomic E-state index is 0.543. The van der Waals surface area contributed by atoms with E-state index in [1.807, 2.05) is 0 Å². The fourth-order valence-electron chi connectivity index (χ4n) is 5.05. The molecule has 0 amide bonds. The zero-order valence-electron chi connectivity index (χ0n) is 11.5. The summed E-state index contributed by atoms with van der Waals surface area (Å²) in [6.07, 6.45) is 13.3. The SMILES string of the molecule is CC1CCC(CN)(CC2CC3CCC2C3)CC1. The van der Waals surface area contributed by atoms with Crippen LogP contribution in [0.2, 0.25) is 0 Å². The Kier molecular flexibility index (Phi) is 3.23. The Balaban J connectivity index is 1.62. The van der Waals surface area contributed by atoms with Gasteiger partial charge in [0.15, 0.2) is 0 Å². The number of nitrogens with two attached hydrogens (primary N) is 1. The molecule has 3 saturated carbocycles. The Morgan fingerprint density at radius 1 is 1.06 bits per heavy atom. The summed E-state index contributed by atoms with van der Waals surface area (Å²) < 4.78 is 0. The van der Waals surface area contributed by atoms with Gasteiger partial charge in [0.2, 0.25) is 0 Å². The van der Waals surface area contributed by atoms with Crippen LogP contribution < -0.4 is 5.73 Å². The standard InChI is InChI=1S/C16H29N/c1-12-4-6-16(11-17,7-5-12)10-15-9-13-2-3-14(15)8-13/h12-15H,2-11,17H2,1H3. The summed E-state index contributed by atoms with van der Waals surface area (Å²) in [4.78, 5) is 0. The monoisotopic (exact) mass is 235 g/mol. The molecule has 3 fully saturated rings. The topological polar surface area (TPSA) is 26.0 Å². The van der Waals surface area contributed by atoms with E-state index in [2.05, 4.69) is 6.92 Å². The Morgan fingerprint density at radius 2 is 1.82 bits per heavy atom. The van der Waals surface area contributed by atoms with Gasteiger partial charge >= 0.3 is 0 Å². The van der Waals surface area contributed by atoms with Crippen LogP contribution in [0.1, 0.15) is 64.7 Å². The van der Waals surface area contributed by atoms with Gasteiger partial charge in [-0.2, -0.15) is 0 Å². The van der Waals surface area contributed by atoms with E-state index in [0.717, 1.165) is 30.2 Å². The zero-order chi connectivity index (χ0) is 11.9. The molecule has 0 spiro atoms. The van der Waals surface area contributed by atoms with E-state index in [-0.39, 0.29) is 0 Å². The molecule has 0 aliphatic heterocycles. The van der Waals surface area contributed by atoms with Crippen LogP contribution in [-0.2, 0) is 0 Å². The van der Waals surface area contributed by atoms with Crippen molar-refractivity contribution >= 4 is 0 Å². The van der Waals surface area contributed by atoms with Crippen LogP contribution in [0.3, 0.4) is 0 Å². The Morgan fingerprint density at radius 3 is 2.35 bits per heavy atom. The summed E-state index contributed by atoms with van der Waals surface area (Å²) in [7, 11) is 0. The fraction of sp³-hybridized carbons (Fsp3) is 1.00. The molecule has 0 heterocycles. The first-order valence-electron chi connectivity index (χ1n) is 7.91. The number of fused-ring (bicyclic) bond motifs is 2. The minimum atomic E-state index is 0.543. The molecule has 0 radical (unpaired) electrons.